The predicted octanol–water partition coefficient (Wildman–Crippen LogP) is 3.67. The van der Waals surface area contributed by atoms with Crippen molar-refractivity contribution in [3.8, 4) is 0 Å². The van der Waals surface area contributed by atoms with Crippen LogP contribution in [0.2, 0.25) is 0 Å². The van der Waals surface area contributed by atoms with Gasteiger partial charge in [0.25, 0.3) is 11.8 Å². The molecule has 146 valence electrons. The van der Waals surface area contributed by atoms with E-state index in [1.54, 1.807) is 48.5 Å². The minimum Gasteiger partial charge on any atom is -0.350 e. The molecule has 28 heavy (non-hydrogen) atoms. The van der Waals surface area contributed by atoms with Gasteiger partial charge in [-0.2, -0.15) is 0 Å². The normalized spacial score (nSPS) is 17.7. The van der Waals surface area contributed by atoms with Gasteiger partial charge in [-0.15, -0.1) is 0 Å². The van der Waals surface area contributed by atoms with Crippen molar-refractivity contribution in [1.82, 2.24) is 5.32 Å². The molecule has 0 radical (unpaired) electrons. The Morgan fingerprint density at radius 2 is 1.68 bits per heavy atom. The lowest BCUT2D eigenvalue weighted by Crippen LogP contribution is -2.31. The highest BCUT2D eigenvalue weighted by atomic mass is 16.2. The summed E-state index contributed by atoms with van der Waals surface area (Å²) in [6, 6.07) is 13.6. The fourth-order valence-corrected chi connectivity index (χ4v) is 2.99. The van der Waals surface area contributed by atoms with Crippen molar-refractivity contribution in [1.29, 1.82) is 0 Å². The summed E-state index contributed by atoms with van der Waals surface area (Å²) in [5.74, 6) is -0.129. The zero-order valence-electron chi connectivity index (χ0n) is 16.3. The maximum Gasteiger partial charge on any atom is 0.255 e. The number of nitrogens with one attached hydrogen (secondary N) is 3. The Labute approximate surface area is 164 Å². The van der Waals surface area contributed by atoms with Gasteiger partial charge in [0, 0.05) is 23.2 Å². The largest absolute Gasteiger partial charge is 0.350 e. The van der Waals surface area contributed by atoms with Crippen LogP contribution in [-0.4, -0.2) is 23.8 Å². The lowest BCUT2D eigenvalue weighted by Gasteiger charge is -2.13. The summed E-state index contributed by atoms with van der Waals surface area (Å²) in [4.78, 5) is 37.2. The molecule has 1 aliphatic rings. The standard InChI is InChI=1S/C22H25N3O3/c1-13(2)23-21(27)17-9-4-5-10-19(17)25-20(26)15-7-6-8-16(12-15)24-22(28)18-11-14(18)3/h4-10,12-14,18H,11H2,1-3H3,(H,23,27)(H,24,28)(H,25,26). The van der Waals surface area contributed by atoms with Crippen LogP contribution in [0, 0.1) is 11.8 Å². The number of hydrogen-bond acceptors (Lipinski definition) is 3. The summed E-state index contributed by atoms with van der Waals surface area (Å²) < 4.78 is 0. The number of carbonyl (C=O) groups excluding carboxylic acids is 3. The maximum atomic E-state index is 12.7. The van der Waals surface area contributed by atoms with E-state index in [0.717, 1.165) is 6.42 Å². The third kappa shape index (κ3) is 4.76. The Hall–Kier alpha value is -3.15. The third-order valence-corrected chi connectivity index (χ3v) is 4.68. The van der Waals surface area contributed by atoms with Crippen LogP contribution in [0.5, 0.6) is 0 Å². The maximum absolute atomic E-state index is 12.7. The summed E-state index contributed by atoms with van der Waals surface area (Å²) >= 11 is 0. The van der Waals surface area contributed by atoms with E-state index in [9.17, 15) is 14.4 Å². The summed E-state index contributed by atoms with van der Waals surface area (Å²) in [5, 5.41) is 8.48. The van der Waals surface area contributed by atoms with Crippen LogP contribution in [0.4, 0.5) is 11.4 Å². The van der Waals surface area contributed by atoms with Crippen LogP contribution in [0.15, 0.2) is 48.5 Å². The molecule has 6 heteroatoms. The van der Waals surface area contributed by atoms with E-state index in [2.05, 4.69) is 16.0 Å². The molecule has 3 N–H and O–H groups in total. The monoisotopic (exact) mass is 379 g/mol. The molecule has 2 atom stereocenters. The summed E-state index contributed by atoms with van der Waals surface area (Å²) in [6.07, 6.45) is 0.904. The lowest BCUT2D eigenvalue weighted by molar-refractivity contribution is -0.117. The molecule has 0 spiro atoms. The molecule has 0 saturated heterocycles. The van der Waals surface area contributed by atoms with Crippen molar-refractivity contribution in [2.75, 3.05) is 10.6 Å². The van der Waals surface area contributed by atoms with Gasteiger partial charge in [0.2, 0.25) is 5.91 Å². The van der Waals surface area contributed by atoms with Gasteiger partial charge in [0.15, 0.2) is 0 Å². The van der Waals surface area contributed by atoms with Gasteiger partial charge in [-0.25, -0.2) is 0 Å². The molecule has 0 heterocycles. The molecule has 2 aromatic carbocycles. The molecule has 1 saturated carbocycles. The van der Waals surface area contributed by atoms with Crippen LogP contribution >= 0.6 is 0 Å². The van der Waals surface area contributed by atoms with E-state index in [1.807, 2.05) is 20.8 Å². The second kappa shape index (κ2) is 8.25. The van der Waals surface area contributed by atoms with E-state index in [1.165, 1.54) is 0 Å². The molecule has 1 fully saturated rings. The first-order chi connectivity index (χ1) is 13.3. The summed E-state index contributed by atoms with van der Waals surface area (Å²) in [7, 11) is 0. The zero-order chi connectivity index (χ0) is 20.3. The Kier molecular flexibility index (Phi) is 5.78. The van der Waals surface area contributed by atoms with Crippen LogP contribution in [0.1, 0.15) is 47.9 Å². The van der Waals surface area contributed by atoms with Crippen molar-refractivity contribution in [2.45, 2.75) is 33.2 Å². The quantitative estimate of drug-likeness (QED) is 0.716. The summed E-state index contributed by atoms with van der Waals surface area (Å²) in [5.41, 5.74) is 1.83. The van der Waals surface area contributed by atoms with Crippen molar-refractivity contribution in [3.05, 3.63) is 59.7 Å². The zero-order valence-corrected chi connectivity index (χ0v) is 16.3. The molecule has 0 aliphatic heterocycles. The fourth-order valence-electron chi connectivity index (χ4n) is 2.99. The molecular weight excluding hydrogens is 354 g/mol. The number of carbonyl (C=O) groups is 3. The Bertz CT molecular complexity index is 907. The van der Waals surface area contributed by atoms with Crippen LogP contribution in [0.3, 0.4) is 0 Å². The van der Waals surface area contributed by atoms with E-state index >= 15 is 0 Å². The Morgan fingerprint density at radius 3 is 2.36 bits per heavy atom. The third-order valence-electron chi connectivity index (χ3n) is 4.68. The predicted molar refractivity (Wildman–Crippen MR) is 109 cm³/mol. The molecule has 0 aromatic heterocycles. The molecule has 3 rings (SSSR count). The van der Waals surface area contributed by atoms with Crippen molar-refractivity contribution < 1.29 is 14.4 Å². The average molecular weight is 379 g/mol. The number of anilines is 2. The summed E-state index contributed by atoms with van der Waals surface area (Å²) in [6.45, 7) is 5.80. The number of hydrogen-bond donors (Lipinski definition) is 3. The molecule has 3 amide bonds. The topological polar surface area (TPSA) is 87.3 Å². The highest BCUT2D eigenvalue weighted by molar-refractivity contribution is 6.09. The molecule has 1 aliphatic carbocycles. The van der Waals surface area contributed by atoms with E-state index in [-0.39, 0.29) is 29.7 Å². The van der Waals surface area contributed by atoms with Gasteiger partial charge in [-0.1, -0.05) is 25.1 Å². The molecule has 6 nitrogen and oxygen atoms in total. The Balaban J connectivity index is 1.72. The van der Waals surface area contributed by atoms with Crippen molar-refractivity contribution in [2.24, 2.45) is 11.8 Å². The first kappa shape index (κ1) is 19.6. The Morgan fingerprint density at radius 1 is 0.964 bits per heavy atom. The smallest absolute Gasteiger partial charge is 0.255 e. The molecule has 2 aromatic rings. The van der Waals surface area contributed by atoms with Crippen LogP contribution in [0.25, 0.3) is 0 Å². The first-order valence-electron chi connectivity index (χ1n) is 9.47. The highest BCUT2D eigenvalue weighted by Gasteiger charge is 2.39. The number of rotatable bonds is 6. The molecule has 0 bridgehead atoms. The number of para-hydroxylation sites is 1. The van der Waals surface area contributed by atoms with Crippen molar-refractivity contribution >= 4 is 29.1 Å². The second-order valence-electron chi connectivity index (χ2n) is 7.52. The van der Waals surface area contributed by atoms with Gasteiger partial charge in [0.1, 0.15) is 0 Å². The van der Waals surface area contributed by atoms with Gasteiger partial charge in [-0.05, 0) is 56.5 Å². The van der Waals surface area contributed by atoms with Crippen molar-refractivity contribution in [3.63, 3.8) is 0 Å². The SMILES string of the molecule is CC(C)NC(=O)c1ccccc1NC(=O)c1cccc(NC(=O)C2CC2C)c1. The fraction of sp³-hybridized carbons (Fsp3) is 0.318. The van der Waals surface area contributed by atoms with Gasteiger partial charge < -0.3 is 16.0 Å². The number of amides is 3. The van der Waals surface area contributed by atoms with E-state index in [4.69, 9.17) is 0 Å². The average Bonchev–Trinajstić information content (AvgIpc) is 3.38. The molecule has 2 unspecified atom stereocenters. The van der Waals surface area contributed by atoms with E-state index in [0.29, 0.717) is 28.4 Å². The van der Waals surface area contributed by atoms with Gasteiger partial charge in [-0.3, -0.25) is 14.4 Å². The second-order valence-corrected chi connectivity index (χ2v) is 7.52. The van der Waals surface area contributed by atoms with Crippen LogP contribution < -0.4 is 16.0 Å². The molecular formula is C22H25N3O3. The highest BCUT2D eigenvalue weighted by Crippen LogP contribution is 2.38. The minimum absolute atomic E-state index is 0.00858. The first-order valence-corrected chi connectivity index (χ1v) is 9.47. The minimum atomic E-state index is -0.347. The van der Waals surface area contributed by atoms with Gasteiger partial charge >= 0.3 is 0 Å². The number of benzene rings is 2. The van der Waals surface area contributed by atoms with Gasteiger partial charge in [0.05, 0.1) is 11.3 Å². The van der Waals surface area contributed by atoms with E-state index < -0.39 is 0 Å². The van der Waals surface area contributed by atoms with Crippen LogP contribution in [-0.2, 0) is 4.79 Å². The lowest BCUT2D eigenvalue weighted by atomic mass is 10.1.